The fourth-order valence-corrected chi connectivity index (χ4v) is 1.75. The Bertz CT molecular complexity index is 447. The summed E-state index contributed by atoms with van der Waals surface area (Å²) in [6.45, 7) is 4.22. The molecule has 1 atom stereocenters. The van der Waals surface area contributed by atoms with E-state index in [0.717, 1.165) is 5.69 Å². The zero-order valence-electron chi connectivity index (χ0n) is 10.5. The summed E-state index contributed by atoms with van der Waals surface area (Å²) >= 11 is 0. The van der Waals surface area contributed by atoms with E-state index < -0.39 is 18.0 Å². The number of urea groups is 1. The molecule has 0 aromatic heterocycles. The van der Waals surface area contributed by atoms with Crippen molar-refractivity contribution in [3.05, 3.63) is 24.3 Å². The highest BCUT2D eigenvalue weighted by Gasteiger charge is 2.21. The Morgan fingerprint density at radius 3 is 2.61 bits per heavy atom. The van der Waals surface area contributed by atoms with Crippen LogP contribution in [0.25, 0.3) is 0 Å². The fourth-order valence-electron chi connectivity index (χ4n) is 1.75. The second kappa shape index (κ2) is 5.90. The van der Waals surface area contributed by atoms with Gasteiger partial charge in [0.25, 0.3) is 0 Å². The van der Waals surface area contributed by atoms with E-state index in [1.807, 2.05) is 24.0 Å². The molecule has 0 aliphatic carbocycles. The van der Waals surface area contributed by atoms with Crippen LogP contribution in [0, 0.1) is 0 Å². The van der Waals surface area contributed by atoms with Crippen LogP contribution in [0.4, 0.5) is 16.2 Å². The largest absolute Gasteiger partial charge is 0.399 e. The highest BCUT2D eigenvalue weighted by Crippen LogP contribution is 2.19. The molecular weight excluding hydrogens is 232 g/mol. The maximum atomic E-state index is 11.7. The molecule has 98 valence electrons. The van der Waals surface area contributed by atoms with E-state index in [0.29, 0.717) is 12.2 Å². The number of rotatable bonds is 4. The Labute approximate surface area is 106 Å². The Morgan fingerprint density at radius 1 is 1.44 bits per heavy atom. The van der Waals surface area contributed by atoms with Crippen LogP contribution in [0.3, 0.4) is 0 Å². The molecule has 0 saturated carbocycles. The molecule has 1 rings (SSSR count). The normalized spacial score (nSPS) is 11.7. The number of hydrogen-bond acceptors (Lipinski definition) is 4. The van der Waals surface area contributed by atoms with Gasteiger partial charge in [0, 0.05) is 17.9 Å². The third-order valence-electron chi connectivity index (χ3n) is 2.64. The average molecular weight is 250 g/mol. The summed E-state index contributed by atoms with van der Waals surface area (Å²) in [4.78, 5) is 24.2. The van der Waals surface area contributed by atoms with Gasteiger partial charge >= 0.3 is 6.03 Å². The van der Waals surface area contributed by atoms with Crippen molar-refractivity contribution in [2.45, 2.75) is 19.9 Å². The minimum Gasteiger partial charge on any atom is -0.399 e. The van der Waals surface area contributed by atoms with Gasteiger partial charge in [-0.3, -0.25) is 10.1 Å². The predicted octanol–water partition coefficient (Wildman–Crippen LogP) is 0.678. The van der Waals surface area contributed by atoms with Gasteiger partial charge in [0.2, 0.25) is 5.91 Å². The number of likely N-dealkylation sites (N-methyl/N-ethyl adjacent to an activating group) is 1. The number of amides is 3. The molecule has 0 fully saturated rings. The highest BCUT2D eigenvalue weighted by atomic mass is 16.2. The number of carbonyl (C=O) groups is 2. The number of nitrogens with zero attached hydrogens (tertiary/aromatic N) is 1. The van der Waals surface area contributed by atoms with E-state index in [1.54, 1.807) is 19.1 Å². The third-order valence-corrected chi connectivity index (χ3v) is 2.64. The van der Waals surface area contributed by atoms with Gasteiger partial charge < -0.3 is 16.4 Å². The lowest BCUT2D eigenvalue weighted by molar-refractivity contribution is -0.120. The molecule has 0 aliphatic rings. The van der Waals surface area contributed by atoms with Crippen molar-refractivity contribution in [3.63, 3.8) is 0 Å². The molecule has 1 aromatic rings. The SMILES string of the molecule is CCN(c1cccc(N)c1)C(C)C(=O)NC(N)=O. The number of benzene rings is 1. The van der Waals surface area contributed by atoms with Gasteiger partial charge in [-0.05, 0) is 32.0 Å². The first-order valence-electron chi connectivity index (χ1n) is 5.68. The number of nitrogens with two attached hydrogens (primary N) is 2. The van der Waals surface area contributed by atoms with Crippen LogP contribution in [0.2, 0.25) is 0 Å². The van der Waals surface area contributed by atoms with Gasteiger partial charge in [-0.1, -0.05) is 6.07 Å². The summed E-state index contributed by atoms with van der Waals surface area (Å²) in [5.41, 5.74) is 12.1. The number of anilines is 2. The van der Waals surface area contributed by atoms with E-state index in [2.05, 4.69) is 5.32 Å². The number of nitrogen functional groups attached to an aromatic ring is 1. The monoisotopic (exact) mass is 250 g/mol. The van der Waals surface area contributed by atoms with Crippen LogP contribution in [-0.4, -0.2) is 24.5 Å². The highest BCUT2D eigenvalue weighted by molar-refractivity contribution is 5.97. The van der Waals surface area contributed by atoms with Crippen LogP contribution < -0.4 is 21.7 Å². The lowest BCUT2D eigenvalue weighted by atomic mass is 10.2. The van der Waals surface area contributed by atoms with E-state index in [9.17, 15) is 9.59 Å². The number of hydrogen-bond donors (Lipinski definition) is 3. The average Bonchev–Trinajstić information content (AvgIpc) is 2.29. The van der Waals surface area contributed by atoms with Gasteiger partial charge in [-0.15, -0.1) is 0 Å². The van der Waals surface area contributed by atoms with Crippen molar-refractivity contribution >= 4 is 23.3 Å². The first kappa shape index (κ1) is 13.8. The van der Waals surface area contributed by atoms with E-state index in [4.69, 9.17) is 11.5 Å². The first-order chi connectivity index (χ1) is 8.45. The number of primary amides is 1. The van der Waals surface area contributed by atoms with Crippen molar-refractivity contribution in [1.82, 2.24) is 5.32 Å². The molecule has 0 saturated heterocycles. The summed E-state index contributed by atoms with van der Waals surface area (Å²) < 4.78 is 0. The molecule has 3 amide bonds. The first-order valence-corrected chi connectivity index (χ1v) is 5.68. The molecule has 0 bridgehead atoms. The smallest absolute Gasteiger partial charge is 0.318 e. The van der Waals surface area contributed by atoms with E-state index in [-0.39, 0.29) is 0 Å². The Kier molecular flexibility index (Phi) is 4.53. The van der Waals surface area contributed by atoms with E-state index in [1.165, 1.54) is 0 Å². The molecule has 0 aliphatic heterocycles. The Balaban J connectivity index is 2.89. The maximum absolute atomic E-state index is 11.7. The summed E-state index contributed by atoms with van der Waals surface area (Å²) in [5, 5.41) is 2.07. The maximum Gasteiger partial charge on any atom is 0.318 e. The molecule has 18 heavy (non-hydrogen) atoms. The summed E-state index contributed by atoms with van der Waals surface area (Å²) in [6.07, 6.45) is 0. The minimum atomic E-state index is -0.851. The third kappa shape index (κ3) is 3.38. The van der Waals surface area contributed by atoms with Crippen molar-refractivity contribution < 1.29 is 9.59 Å². The second-order valence-electron chi connectivity index (χ2n) is 3.91. The van der Waals surface area contributed by atoms with Crippen molar-refractivity contribution in [2.24, 2.45) is 5.73 Å². The summed E-state index contributed by atoms with van der Waals surface area (Å²) in [7, 11) is 0. The predicted molar refractivity (Wildman–Crippen MR) is 71.1 cm³/mol. The van der Waals surface area contributed by atoms with Crippen LogP contribution in [0.15, 0.2) is 24.3 Å². The topological polar surface area (TPSA) is 101 Å². The fraction of sp³-hybridized carbons (Fsp3) is 0.333. The molecule has 1 aromatic carbocycles. The van der Waals surface area contributed by atoms with Crippen molar-refractivity contribution in [1.29, 1.82) is 0 Å². The van der Waals surface area contributed by atoms with Crippen LogP contribution in [0.5, 0.6) is 0 Å². The van der Waals surface area contributed by atoms with Crippen LogP contribution >= 0.6 is 0 Å². The van der Waals surface area contributed by atoms with Crippen molar-refractivity contribution in [3.8, 4) is 0 Å². The molecule has 1 unspecified atom stereocenters. The summed E-state index contributed by atoms with van der Waals surface area (Å²) in [6, 6.07) is 5.85. The molecular formula is C12H18N4O2. The quantitative estimate of drug-likeness (QED) is 0.684. The van der Waals surface area contributed by atoms with Gasteiger partial charge in [0.1, 0.15) is 6.04 Å². The van der Waals surface area contributed by atoms with Gasteiger partial charge in [-0.2, -0.15) is 0 Å². The molecule has 6 nitrogen and oxygen atoms in total. The standard InChI is InChI=1S/C12H18N4O2/c1-3-16(8(2)11(17)15-12(14)18)10-6-4-5-9(13)7-10/h4-8H,3,13H2,1-2H3,(H3,14,15,17,18). The van der Waals surface area contributed by atoms with Crippen molar-refractivity contribution in [2.75, 3.05) is 17.2 Å². The minimum absolute atomic E-state index is 0.438. The Morgan fingerprint density at radius 2 is 2.11 bits per heavy atom. The van der Waals surface area contributed by atoms with Gasteiger partial charge in [0.05, 0.1) is 0 Å². The molecule has 0 spiro atoms. The number of carbonyl (C=O) groups excluding carboxylic acids is 2. The molecule has 0 radical (unpaired) electrons. The van der Waals surface area contributed by atoms with E-state index >= 15 is 0 Å². The van der Waals surface area contributed by atoms with Gasteiger partial charge in [-0.25, -0.2) is 4.79 Å². The lowest BCUT2D eigenvalue weighted by Gasteiger charge is -2.29. The Hall–Kier alpha value is -2.24. The number of nitrogens with one attached hydrogen (secondary N) is 1. The molecule has 0 heterocycles. The number of imide groups is 1. The zero-order chi connectivity index (χ0) is 13.7. The lowest BCUT2D eigenvalue weighted by Crippen LogP contribution is -2.48. The zero-order valence-corrected chi connectivity index (χ0v) is 10.5. The summed E-state index contributed by atoms with van der Waals surface area (Å²) in [5.74, 6) is -0.438. The molecule has 6 heteroatoms. The molecule has 5 N–H and O–H groups in total. The van der Waals surface area contributed by atoms with Gasteiger partial charge in [0.15, 0.2) is 0 Å². The van der Waals surface area contributed by atoms with Crippen LogP contribution in [-0.2, 0) is 4.79 Å². The second-order valence-corrected chi connectivity index (χ2v) is 3.91. The van der Waals surface area contributed by atoms with Crippen LogP contribution in [0.1, 0.15) is 13.8 Å².